The van der Waals surface area contributed by atoms with Crippen LogP contribution in [0.1, 0.15) is 30.4 Å². The fraction of sp³-hybridized carbons (Fsp3) is 0.280. The maximum Gasteiger partial charge on any atom is 0.244 e. The molecule has 164 valence electrons. The first-order valence-electron chi connectivity index (χ1n) is 10.5. The molecule has 6 heteroatoms. The Kier molecular flexibility index (Phi) is 9.62. The molecular formula is C25H30F2N4. The first-order valence-corrected chi connectivity index (χ1v) is 10.5. The first-order chi connectivity index (χ1) is 14.3. The van der Waals surface area contributed by atoms with Gasteiger partial charge in [0.25, 0.3) is 0 Å². The van der Waals surface area contributed by atoms with Crippen molar-refractivity contribution in [3.05, 3.63) is 109 Å². The molecular weight excluding hydrogens is 394 g/mol. The van der Waals surface area contributed by atoms with E-state index in [1.807, 2.05) is 0 Å². The minimum atomic E-state index is 0. The lowest BCUT2D eigenvalue weighted by Gasteiger charge is -1.99. The van der Waals surface area contributed by atoms with Gasteiger partial charge in [0, 0.05) is 0 Å². The lowest BCUT2D eigenvalue weighted by atomic mass is 10.2. The van der Waals surface area contributed by atoms with Crippen molar-refractivity contribution in [2.75, 3.05) is 0 Å². The van der Waals surface area contributed by atoms with Crippen LogP contribution >= 0.6 is 0 Å². The summed E-state index contributed by atoms with van der Waals surface area (Å²) in [7, 11) is 0. The second-order valence-electron chi connectivity index (χ2n) is 7.68. The van der Waals surface area contributed by atoms with E-state index < -0.39 is 0 Å². The topological polar surface area (TPSA) is 17.6 Å². The van der Waals surface area contributed by atoms with Crippen LogP contribution in [0, 0.1) is 0 Å². The van der Waals surface area contributed by atoms with E-state index in [9.17, 15) is 0 Å². The molecule has 0 radical (unpaired) electrons. The fourth-order valence-electron chi connectivity index (χ4n) is 3.68. The molecule has 2 aromatic heterocycles. The number of nitrogens with zero attached hydrogens (tertiary/aromatic N) is 4. The maximum absolute atomic E-state index is 2.30. The van der Waals surface area contributed by atoms with Crippen LogP contribution in [-0.2, 0) is 26.2 Å². The summed E-state index contributed by atoms with van der Waals surface area (Å²) in [5, 5.41) is 0. The standard InChI is InChI=1S/C25H30N4.2FH/c1-4-10-24(11-5-1)20-28-18-16-26(22-28)14-8-3-9-15-27-17-19-29(23-27)21-25-12-6-2-7-13-25;;/h1-2,4-7,10-13,16-19,22-23H,3,8-9,14-15,20-21H2;2*1H/q+2;;/p-2. The van der Waals surface area contributed by atoms with E-state index in [2.05, 4.69) is 116 Å². The van der Waals surface area contributed by atoms with Gasteiger partial charge in [0.1, 0.15) is 37.9 Å². The zero-order chi connectivity index (χ0) is 19.7. The third-order valence-electron chi connectivity index (χ3n) is 5.24. The molecule has 4 aromatic rings. The van der Waals surface area contributed by atoms with Gasteiger partial charge in [-0.05, 0) is 30.4 Å². The molecule has 2 aromatic carbocycles. The molecule has 0 amide bonds. The van der Waals surface area contributed by atoms with Crippen molar-refractivity contribution in [3.8, 4) is 0 Å². The van der Waals surface area contributed by atoms with Crippen molar-refractivity contribution in [2.45, 2.75) is 45.4 Å². The van der Waals surface area contributed by atoms with Gasteiger partial charge in [-0.25, -0.2) is 18.3 Å². The van der Waals surface area contributed by atoms with Crippen molar-refractivity contribution in [3.63, 3.8) is 0 Å². The van der Waals surface area contributed by atoms with Gasteiger partial charge in [0.05, 0.1) is 13.1 Å². The van der Waals surface area contributed by atoms with Crippen molar-refractivity contribution in [1.29, 1.82) is 0 Å². The van der Waals surface area contributed by atoms with Gasteiger partial charge in [-0.3, -0.25) is 0 Å². The van der Waals surface area contributed by atoms with E-state index in [0.29, 0.717) is 0 Å². The van der Waals surface area contributed by atoms with Crippen LogP contribution < -0.4 is 18.5 Å². The molecule has 0 aliphatic carbocycles. The summed E-state index contributed by atoms with van der Waals surface area (Å²) in [4.78, 5) is 0. The van der Waals surface area contributed by atoms with Crippen molar-refractivity contribution in [2.24, 2.45) is 0 Å². The molecule has 0 aliphatic heterocycles. The van der Waals surface area contributed by atoms with Crippen LogP contribution in [0.25, 0.3) is 0 Å². The molecule has 4 rings (SSSR count). The largest absolute Gasteiger partial charge is 1.00 e. The Morgan fingerprint density at radius 2 is 0.968 bits per heavy atom. The SMILES string of the molecule is [F-].[F-].c1ccc(C[n+]2ccn(CCCCCn3cc[n+](Cc4ccccc4)c3)c2)cc1. The lowest BCUT2D eigenvalue weighted by molar-refractivity contribution is -0.688. The molecule has 0 aliphatic rings. The minimum Gasteiger partial charge on any atom is -1.00 e. The van der Waals surface area contributed by atoms with E-state index in [4.69, 9.17) is 0 Å². The average molecular weight is 425 g/mol. The molecule has 0 N–H and O–H groups in total. The molecule has 0 spiro atoms. The summed E-state index contributed by atoms with van der Waals surface area (Å²) in [6, 6.07) is 21.2. The molecule has 0 unspecified atom stereocenters. The Bertz CT molecular complexity index is 915. The second kappa shape index (κ2) is 12.4. The summed E-state index contributed by atoms with van der Waals surface area (Å²) in [6.45, 7) is 4.04. The average Bonchev–Trinajstić information content (AvgIpc) is 3.39. The molecule has 31 heavy (non-hydrogen) atoms. The molecule has 0 bridgehead atoms. The number of halogens is 2. The Morgan fingerprint density at radius 3 is 1.39 bits per heavy atom. The van der Waals surface area contributed by atoms with Crippen LogP contribution in [0.4, 0.5) is 0 Å². The van der Waals surface area contributed by atoms with Crippen molar-refractivity contribution >= 4 is 0 Å². The number of hydrogen-bond acceptors (Lipinski definition) is 0. The monoisotopic (exact) mass is 424 g/mol. The third-order valence-corrected chi connectivity index (χ3v) is 5.24. The Balaban J connectivity index is 0.00000171. The van der Waals surface area contributed by atoms with Crippen molar-refractivity contribution in [1.82, 2.24) is 9.13 Å². The van der Waals surface area contributed by atoms with Gasteiger partial charge in [0.15, 0.2) is 0 Å². The number of aromatic nitrogens is 4. The van der Waals surface area contributed by atoms with Crippen LogP contribution in [-0.4, -0.2) is 9.13 Å². The predicted molar refractivity (Wildman–Crippen MR) is 114 cm³/mol. The van der Waals surface area contributed by atoms with E-state index in [0.717, 1.165) is 26.2 Å². The Hall–Kier alpha value is -3.28. The first kappa shape index (κ1) is 24.0. The van der Waals surface area contributed by atoms with Gasteiger partial charge < -0.3 is 9.41 Å². The molecule has 0 fully saturated rings. The normalized spacial score (nSPS) is 10.3. The van der Waals surface area contributed by atoms with E-state index in [1.54, 1.807) is 0 Å². The highest BCUT2D eigenvalue weighted by Crippen LogP contribution is 2.03. The summed E-state index contributed by atoms with van der Waals surface area (Å²) in [6.07, 6.45) is 16.8. The number of imidazole rings is 2. The molecule has 0 saturated carbocycles. The van der Waals surface area contributed by atoms with E-state index in [-0.39, 0.29) is 9.41 Å². The Labute approximate surface area is 182 Å². The molecule has 4 nitrogen and oxygen atoms in total. The highest BCUT2D eigenvalue weighted by atomic mass is 19.0. The quantitative estimate of drug-likeness (QED) is 0.204. The maximum atomic E-state index is 2.30. The van der Waals surface area contributed by atoms with E-state index in [1.165, 1.54) is 30.4 Å². The predicted octanol–water partition coefficient (Wildman–Crippen LogP) is -2.16. The number of aryl methyl sites for hydroxylation is 2. The zero-order valence-electron chi connectivity index (χ0n) is 17.7. The number of benzene rings is 2. The van der Waals surface area contributed by atoms with Gasteiger partial charge >= 0.3 is 0 Å². The smallest absolute Gasteiger partial charge is 0.244 e. The third kappa shape index (κ3) is 7.48. The number of hydrogen-bond donors (Lipinski definition) is 0. The van der Waals surface area contributed by atoms with Gasteiger partial charge in [-0.1, -0.05) is 60.7 Å². The summed E-state index contributed by atoms with van der Waals surface area (Å²) < 4.78 is 9.10. The fourth-order valence-corrected chi connectivity index (χ4v) is 3.68. The summed E-state index contributed by atoms with van der Waals surface area (Å²) in [5.74, 6) is 0. The molecule has 0 saturated heterocycles. The minimum absolute atomic E-state index is 0. The van der Waals surface area contributed by atoms with Gasteiger partial charge in [0.2, 0.25) is 12.7 Å². The van der Waals surface area contributed by atoms with Crippen LogP contribution in [0.3, 0.4) is 0 Å². The second-order valence-corrected chi connectivity index (χ2v) is 7.68. The van der Waals surface area contributed by atoms with E-state index >= 15 is 0 Å². The summed E-state index contributed by atoms with van der Waals surface area (Å²) >= 11 is 0. The van der Waals surface area contributed by atoms with Gasteiger partial charge in [-0.15, -0.1) is 0 Å². The van der Waals surface area contributed by atoms with Crippen LogP contribution in [0.5, 0.6) is 0 Å². The number of unbranched alkanes of at least 4 members (excludes halogenated alkanes) is 2. The molecule has 0 atom stereocenters. The molecule has 2 heterocycles. The lowest BCUT2D eigenvalue weighted by Crippen LogP contribution is -3.00. The highest BCUT2D eigenvalue weighted by molar-refractivity contribution is 5.13. The number of rotatable bonds is 10. The van der Waals surface area contributed by atoms with Gasteiger partial charge in [-0.2, -0.15) is 0 Å². The summed E-state index contributed by atoms with van der Waals surface area (Å²) in [5.41, 5.74) is 2.68. The van der Waals surface area contributed by atoms with Crippen LogP contribution in [0.15, 0.2) is 98.1 Å². The Morgan fingerprint density at radius 1 is 0.548 bits per heavy atom. The van der Waals surface area contributed by atoms with Crippen LogP contribution in [0.2, 0.25) is 0 Å². The zero-order valence-corrected chi connectivity index (χ0v) is 17.7. The van der Waals surface area contributed by atoms with Crippen molar-refractivity contribution < 1.29 is 18.5 Å². The highest BCUT2D eigenvalue weighted by Gasteiger charge is 2.06.